The van der Waals surface area contributed by atoms with E-state index in [9.17, 15) is 0 Å². The fraction of sp³-hybridized carbons (Fsp3) is 0.600. The number of nitrogens with one attached hydrogen (secondary N) is 1. The van der Waals surface area contributed by atoms with Crippen LogP contribution in [0.5, 0.6) is 5.75 Å². The molecule has 0 amide bonds. The molecule has 102 valence electrons. The fourth-order valence-electron chi connectivity index (χ4n) is 1.97. The first-order valence-electron chi connectivity index (χ1n) is 6.68. The van der Waals surface area contributed by atoms with Gasteiger partial charge in [-0.05, 0) is 18.6 Å². The molecule has 18 heavy (non-hydrogen) atoms. The molecule has 0 fully saturated rings. The fourth-order valence-corrected chi connectivity index (χ4v) is 1.97. The minimum absolute atomic E-state index is 0.500. The van der Waals surface area contributed by atoms with Crippen molar-refractivity contribution < 1.29 is 4.74 Å². The summed E-state index contributed by atoms with van der Waals surface area (Å²) in [7, 11) is 3.85. The summed E-state index contributed by atoms with van der Waals surface area (Å²) < 4.78 is 5.27. The number of hydrogen-bond acceptors (Lipinski definition) is 3. The van der Waals surface area contributed by atoms with Crippen LogP contribution in [0.3, 0.4) is 0 Å². The molecule has 0 aliphatic rings. The van der Waals surface area contributed by atoms with Gasteiger partial charge in [-0.2, -0.15) is 0 Å². The molecule has 0 heterocycles. The van der Waals surface area contributed by atoms with Gasteiger partial charge in [-0.15, -0.1) is 0 Å². The largest absolute Gasteiger partial charge is 0.497 e. The van der Waals surface area contributed by atoms with Gasteiger partial charge in [0.1, 0.15) is 5.75 Å². The van der Waals surface area contributed by atoms with Crippen molar-refractivity contribution in [1.29, 1.82) is 0 Å². The van der Waals surface area contributed by atoms with Crippen LogP contribution in [-0.2, 0) is 0 Å². The summed E-state index contributed by atoms with van der Waals surface area (Å²) in [6, 6.07) is 9.24. The molecule has 0 saturated heterocycles. The van der Waals surface area contributed by atoms with Crippen LogP contribution < -0.4 is 15.0 Å². The van der Waals surface area contributed by atoms with Crippen molar-refractivity contribution in [2.75, 3.05) is 25.6 Å². The lowest BCUT2D eigenvalue weighted by atomic mass is 10.1. The van der Waals surface area contributed by atoms with Crippen LogP contribution in [-0.4, -0.2) is 32.8 Å². The van der Waals surface area contributed by atoms with Gasteiger partial charge in [0.15, 0.2) is 0 Å². The normalized spacial score (nSPS) is 12.6. The van der Waals surface area contributed by atoms with E-state index in [2.05, 4.69) is 50.2 Å². The molecule has 1 atom stereocenters. The SMILES string of the molecule is CCC(CNC(C)C)N(C)c1cccc(OC)c1. The third-order valence-electron chi connectivity index (χ3n) is 3.24. The van der Waals surface area contributed by atoms with E-state index in [-0.39, 0.29) is 0 Å². The average Bonchev–Trinajstić information content (AvgIpc) is 2.39. The molecule has 0 aliphatic heterocycles. The van der Waals surface area contributed by atoms with Gasteiger partial charge in [0.05, 0.1) is 7.11 Å². The second-order valence-corrected chi connectivity index (χ2v) is 4.94. The third kappa shape index (κ3) is 4.22. The summed E-state index contributed by atoms with van der Waals surface area (Å²) in [5, 5.41) is 3.50. The zero-order chi connectivity index (χ0) is 13.5. The summed E-state index contributed by atoms with van der Waals surface area (Å²) in [5.74, 6) is 0.908. The first-order valence-corrected chi connectivity index (χ1v) is 6.68. The second kappa shape index (κ2) is 7.27. The van der Waals surface area contributed by atoms with Crippen molar-refractivity contribution in [3.05, 3.63) is 24.3 Å². The Morgan fingerprint density at radius 3 is 2.61 bits per heavy atom. The van der Waals surface area contributed by atoms with Crippen LogP contribution in [0.15, 0.2) is 24.3 Å². The van der Waals surface area contributed by atoms with Crippen molar-refractivity contribution in [3.8, 4) is 5.75 Å². The molecule has 0 bridgehead atoms. The number of rotatable bonds is 7. The Morgan fingerprint density at radius 2 is 2.06 bits per heavy atom. The topological polar surface area (TPSA) is 24.5 Å². The summed E-state index contributed by atoms with van der Waals surface area (Å²) in [4.78, 5) is 2.32. The van der Waals surface area contributed by atoms with Gasteiger partial charge in [0.2, 0.25) is 0 Å². The Morgan fingerprint density at radius 1 is 1.33 bits per heavy atom. The van der Waals surface area contributed by atoms with Gasteiger partial charge in [-0.25, -0.2) is 0 Å². The molecular formula is C15H26N2O. The van der Waals surface area contributed by atoms with Gasteiger partial charge in [0.25, 0.3) is 0 Å². The lowest BCUT2D eigenvalue weighted by Gasteiger charge is -2.30. The van der Waals surface area contributed by atoms with Crippen LogP contribution in [0, 0.1) is 0 Å². The minimum Gasteiger partial charge on any atom is -0.497 e. The quantitative estimate of drug-likeness (QED) is 0.805. The maximum atomic E-state index is 5.27. The Labute approximate surface area is 111 Å². The van der Waals surface area contributed by atoms with E-state index in [4.69, 9.17) is 4.74 Å². The molecule has 1 aromatic carbocycles. The molecular weight excluding hydrogens is 224 g/mol. The van der Waals surface area contributed by atoms with Crippen molar-refractivity contribution in [1.82, 2.24) is 5.32 Å². The molecule has 0 aromatic heterocycles. The maximum Gasteiger partial charge on any atom is 0.120 e. The Bertz CT molecular complexity index is 352. The Kier molecular flexibility index (Phi) is 5.99. The van der Waals surface area contributed by atoms with Gasteiger partial charge >= 0.3 is 0 Å². The first-order chi connectivity index (χ1) is 8.58. The number of ether oxygens (including phenoxy) is 1. The smallest absolute Gasteiger partial charge is 0.120 e. The highest BCUT2D eigenvalue weighted by Crippen LogP contribution is 2.22. The van der Waals surface area contributed by atoms with Gasteiger partial charge in [-0.1, -0.05) is 26.8 Å². The summed E-state index contributed by atoms with van der Waals surface area (Å²) in [6.45, 7) is 7.59. The highest BCUT2D eigenvalue weighted by atomic mass is 16.5. The zero-order valence-electron chi connectivity index (χ0n) is 12.2. The zero-order valence-corrected chi connectivity index (χ0v) is 12.2. The van der Waals surface area contributed by atoms with Crippen LogP contribution in [0.4, 0.5) is 5.69 Å². The summed E-state index contributed by atoms with van der Waals surface area (Å²) in [6.07, 6.45) is 1.12. The molecule has 0 radical (unpaired) electrons. The average molecular weight is 250 g/mol. The van der Waals surface area contributed by atoms with Crippen molar-refractivity contribution >= 4 is 5.69 Å². The minimum atomic E-state index is 0.500. The van der Waals surface area contributed by atoms with E-state index in [1.165, 1.54) is 5.69 Å². The van der Waals surface area contributed by atoms with Crippen LogP contribution >= 0.6 is 0 Å². The van der Waals surface area contributed by atoms with Crippen molar-refractivity contribution in [2.24, 2.45) is 0 Å². The van der Waals surface area contributed by atoms with Crippen molar-refractivity contribution in [3.63, 3.8) is 0 Å². The van der Waals surface area contributed by atoms with E-state index >= 15 is 0 Å². The number of hydrogen-bond donors (Lipinski definition) is 1. The Balaban J connectivity index is 2.72. The van der Waals surface area contributed by atoms with Crippen LogP contribution in [0.25, 0.3) is 0 Å². The highest BCUT2D eigenvalue weighted by molar-refractivity contribution is 5.51. The number of benzene rings is 1. The molecule has 1 rings (SSSR count). The number of methoxy groups -OCH3 is 1. The van der Waals surface area contributed by atoms with E-state index < -0.39 is 0 Å². The Hall–Kier alpha value is -1.22. The van der Waals surface area contributed by atoms with Gasteiger partial charge in [-0.3, -0.25) is 0 Å². The van der Waals surface area contributed by atoms with Gasteiger partial charge < -0.3 is 15.0 Å². The third-order valence-corrected chi connectivity index (χ3v) is 3.24. The lowest BCUT2D eigenvalue weighted by Crippen LogP contribution is -2.41. The molecule has 0 saturated carbocycles. The second-order valence-electron chi connectivity index (χ2n) is 4.94. The van der Waals surface area contributed by atoms with E-state index in [1.807, 2.05) is 12.1 Å². The van der Waals surface area contributed by atoms with Gasteiger partial charge in [0, 0.05) is 37.4 Å². The van der Waals surface area contributed by atoms with Crippen LogP contribution in [0.1, 0.15) is 27.2 Å². The maximum absolute atomic E-state index is 5.27. The molecule has 0 aliphatic carbocycles. The van der Waals surface area contributed by atoms with E-state index in [0.29, 0.717) is 12.1 Å². The highest BCUT2D eigenvalue weighted by Gasteiger charge is 2.13. The molecule has 3 heteroatoms. The van der Waals surface area contributed by atoms with Crippen molar-refractivity contribution in [2.45, 2.75) is 39.3 Å². The predicted molar refractivity (Wildman–Crippen MR) is 78.6 cm³/mol. The summed E-state index contributed by atoms with van der Waals surface area (Å²) >= 11 is 0. The standard InChI is InChI=1S/C15H26N2O/c1-6-13(11-16-12(2)3)17(4)14-8-7-9-15(10-14)18-5/h7-10,12-13,16H,6,11H2,1-5H3. The number of likely N-dealkylation sites (N-methyl/N-ethyl adjacent to an activating group) is 1. The van der Waals surface area contributed by atoms with E-state index in [1.54, 1.807) is 7.11 Å². The lowest BCUT2D eigenvalue weighted by molar-refractivity contribution is 0.414. The number of nitrogens with zero attached hydrogens (tertiary/aromatic N) is 1. The molecule has 1 aromatic rings. The summed E-state index contributed by atoms with van der Waals surface area (Å²) in [5.41, 5.74) is 1.20. The molecule has 1 unspecified atom stereocenters. The van der Waals surface area contributed by atoms with Crippen LogP contribution in [0.2, 0.25) is 0 Å². The predicted octanol–water partition coefficient (Wildman–Crippen LogP) is 2.91. The molecule has 0 spiro atoms. The number of anilines is 1. The molecule has 3 nitrogen and oxygen atoms in total. The first kappa shape index (κ1) is 14.8. The molecule has 1 N–H and O–H groups in total. The van der Waals surface area contributed by atoms with E-state index in [0.717, 1.165) is 18.7 Å². The monoisotopic (exact) mass is 250 g/mol.